The number of halogens is 6. The summed E-state index contributed by atoms with van der Waals surface area (Å²) in [6.07, 6.45) is -11.1. The number of benzene rings is 2. The Balaban J connectivity index is 2.27. The van der Waals surface area contributed by atoms with Gasteiger partial charge in [-0.15, -0.1) is 0 Å². The Bertz CT molecular complexity index is 1280. The van der Waals surface area contributed by atoms with Crippen molar-refractivity contribution in [2.75, 3.05) is 0 Å². The monoisotopic (exact) mass is 452 g/mol. The van der Waals surface area contributed by atoms with E-state index in [1.165, 1.54) is 10.6 Å². The third-order valence-electron chi connectivity index (χ3n) is 4.36. The summed E-state index contributed by atoms with van der Waals surface area (Å²) in [5.41, 5.74) is 0.147. The van der Waals surface area contributed by atoms with Crippen molar-refractivity contribution in [2.24, 2.45) is 0 Å². The van der Waals surface area contributed by atoms with Crippen LogP contribution in [0.5, 0.6) is 5.75 Å². The Morgan fingerprint density at radius 3 is 2.33 bits per heavy atom. The van der Waals surface area contributed by atoms with Gasteiger partial charge < -0.3 is 8.75 Å². The molecule has 1 aromatic heterocycles. The number of alkyl halides is 6. The van der Waals surface area contributed by atoms with Crippen LogP contribution in [0, 0.1) is 5.39 Å². The molecule has 0 aliphatic carbocycles. The first kappa shape index (κ1) is 21.7. The molecule has 1 unspecified atom stereocenters. The van der Waals surface area contributed by atoms with Crippen molar-refractivity contribution >= 4 is 37.6 Å². The number of diazo groups is 1. The molecule has 0 radical (unpaired) electrons. The molecule has 0 aliphatic heterocycles. The van der Waals surface area contributed by atoms with Crippen LogP contribution in [-0.4, -0.2) is 30.6 Å². The van der Waals surface area contributed by atoms with E-state index in [-0.39, 0.29) is 23.1 Å². The summed E-state index contributed by atoms with van der Waals surface area (Å²) < 4.78 is 108. The first-order valence-corrected chi connectivity index (χ1v) is 9.68. The lowest BCUT2D eigenvalue weighted by Crippen LogP contribution is -2.48. The summed E-state index contributed by atoms with van der Waals surface area (Å²) in [7, 11) is -6.44. The van der Waals surface area contributed by atoms with Crippen LogP contribution in [0.25, 0.3) is 26.8 Å². The molecular weight excluding hydrogens is 440 g/mol. The molecular formula is C17H12F6N3O3S+. The minimum Gasteiger partial charge on any atom is -0.376 e. The van der Waals surface area contributed by atoms with E-state index in [4.69, 9.17) is 5.39 Å². The van der Waals surface area contributed by atoms with Gasteiger partial charge in [0.15, 0.2) is 10.7 Å². The number of fused-ring (bicyclic) bond motifs is 3. The van der Waals surface area contributed by atoms with Gasteiger partial charge in [0.1, 0.15) is 0 Å². The van der Waals surface area contributed by atoms with Crippen molar-refractivity contribution in [1.82, 2.24) is 4.57 Å². The van der Waals surface area contributed by atoms with Gasteiger partial charge in [0.25, 0.3) is 6.17 Å². The van der Waals surface area contributed by atoms with Gasteiger partial charge in [0, 0.05) is 28.9 Å². The lowest BCUT2D eigenvalue weighted by atomic mass is 10.1. The number of hydrogen-bond acceptors (Lipinski definition) is 4. The fourth-order valence-electron chi connectivity index (χ4n) is 3.07. The van der Waals surface area contributed by atoms with Crippen molar-refractivity contribution in [3.63, 3.8) is 0 Å². The van der Waals surface area contributed by atoms with Gasteiger partial charge in [0.2, 0.25) is 5.39 Å². The zero-order chi connectivity index (χ0) is 22.5. The molecule has 0 fully saturated rings. The molecule has 3 aromatic rings. The first-order valence-electron chi connectivity index (χ1n) is 8.27. The van der Waals surface area contributed by atoms with Crippen LogP contribution in [0.4, 0.5) is 32.0 Å². The molecule has 1 atom stereocenters. The number of nitrogens with zero attached hydrogens (tertiary/aromatic N) is 3. The molecule has 0 aliphatic rings. The van der Waals surface area contributed by atoms with Gasteiger partial charge in [-0.05, 0) is 13.0 Å². The quantitative estimate of drug-likeness (QED) is 0.291. The molecule has 0 amide bonds. The van der Waals surface area contributed by atoms with Crippen molar-refractivity contribution < 1.29 is 38.9 Å². The molecule has 0 N–H and O–H groups in total. The fraction of sp³-hybridized carbons (Fsp3) is 0.294. The lowest BCUT2D eigenvalue weighted by Gasteiger charge is -2.22. The van der Waals surface area contributed by atoms with Gasteiger partial charge in [0.05, 0.1) is 11.6 Å². The van der Waals surface area contributed by atoms with E-state index in [1.807, 2.05) is 0 Å². The molecule has 0 saturated carbocycles. The average Bonchev–Trinajstić information content (AvgIpc) is 3.00. The van der Waals surface area contributed by atoms with Gasteiger partial charge in [-0.25, -0.2) is 4.39 Å². The molecule has 0 spiro atoms. The normalized spacial score (nSPS) is 14.1. The van der Waals surface area contributed by atoms with Gasteiger partial charge in [-0.2, -0.15) is 30.4 Å². The fourth-order valence-corrected chi connectivity index (χ4v) is 3.94. The van der Waals surface area contributed by atoms with Crippen LogP contribution in [0.2, 0.25) is 0 Å². The minimum absolute atomic E-state index is 0.0621. The van der Waals surface area contributed by atoms with Crippen LogP contribution in [-0.2, 0) is 16.7 Å². The van der Waals surface area contributed by atoms with Crippen molar-refractivity contribution in [1.29, 1.82) is 5.39 Å². The summed E-state index contributed by atoms with van der Waals surface area (Å²) in [6.45, 7) is 1.84. The van der Waals surface area contributed by atoms with E-state index in [9.17, 15) is 34.8 Å². The van der Waals surface area contributed by atoms with E-state index in [0.29, 0.717) is 10.9 Å². The summed E-state index contributed by atoms with van der Waals surface area (Å²) in [6, 6.07) is 8.55. The molecule has 2 aromatic carbocycles. The van der Waals surface area contributed by atoms with Crippen LogP contribution >= 0.6 is 0 Å². The lowest BCUT2D eigenvalue weighted by molar-refractivity contribution is -0.222. The van der Waals surface area contributed by atoms with Crippen molar-refractivity contribution in [2.45, 2.75) is 31.1 Å². The Kier molecular flexibility index (Phi) is 5.10. The van der Waals surface area contributed by atoms with Crippen LogP contribution < -0.4 is 4.18 Å². The van der Waals surface area contributed by atoms with Crippen LogP contribution in [0.1, 0.15) is 6.92 Å². The van der Waals surface area contributed by atoms with Gasteiger partial charge in [-0.1, -0.05) is 18.2 Å². The molecule has 13 heteroatoms. The standard InChI is InChI=1S/C17H12F6N3O3S/c1-2-26-12-6-4-3-5-10(12)11-7-9(25-24)8-13(14(11)26)29-30(27,28)17(22,23)15(18)16(19,20)21/h3-8,15H,2H2,1H3/q+1. The molecule has 6 nitrogen and oxygen atoms in total. The topological polar surface area (TPSA) is 76.5 Å². The van der Waals surface area contributed by atoms with Crippen LogP contribution in [0.3, 0.4) is 0 Å². The number of hydrogen-bond donors (Lipinski definition) is 0. The number of rotatable bonds is 5. The maximum atomic E-state index is 13.9. The second-order valence-electron chi connectivity index (χ2n) is 6.20. The van der Waals surface area contributed by atoms with Crippen LogP contribution in [0.15, 0.2) is 36.4 Å². The van der Waals surface area contributed by atoms with Gasteiger partial charge >= 0.3 is 27.2 Å². The van der Waals surface area contributed by atoms with E-state index in [0.717, 1.165) is 6.07 Å². The molecule has 160 valence electrons. The van der Waals surface area contributed by atoms with Crippen molar-refractivity contribution in [3.05, 3.63) is 41.4 Å². The van der Waals surface area contributed by atoms with E-state index >= 15 is 0 Å². The third-order valence-corrected chi connectivity index (χ3v) is 5.63. The SMILES string of the molecule is CCn1c2ccccc2c2cc([N+]#N)cc(OS(=O)(=O)C(F)(F)C(F)C(F)(F)F)c21. The highest BCUT2D eigenvalue weighted by Gasteiger charge is 2.66. The molecule has 1 heterocycles. The van der Waals surface area contributed by atoms with Gasteiger partial charge in [-0.3, -0.25) is 0 Å². The summed E-state index contributed by atoms with van der Waals surface area (Å²) in [5.74, 6) is -0.840. The summed E-state index contributed by atoms with van der Waals surface area (Å²) in [4.78, 5) is 2.86. The smallest absolute Gasteiger partial charge is 0.376 e. The zero-order valence-corrected chi connectivity index (χ0v) is 15.8. The minimum atomic E-state index is -6.44. The van der Waals surface area contributed by atoms with E-state index in [2.05, 4.69) is 9.16 Å². The predicted molar refractivity (Wildman–Crippen MR) is 95.3 cm³/mol. The van der Waals surface area contributed by atoms with Crippen molar-refractivity contribution in [3.8, 4) is 5.75 Å². The highest BCUT2D eigenvalue weighted by Crippen LogP contribution is 2.43. The Labute approximate surface area is 165 Å². The largest absolute Gasteiger partial charge is 0.426 e. The summed E-state index contributed by atoms with van der Waals surface area (Å²) in [5, 5.41) is 3.88. The highest BCUT2D eigenvalue weighted by atomic mass is 32.2. The zero-order valence-electron chi connectivity index (χ0n) is 15.0. The number of para-hydroxylation sites is 1. The first-order chi connectivity index (χ1) is 13.8. The maximum absolute atomic E-state index is 13.9. The maximum Gasteiger partial charge on any atom is 0.426 e. The molecule has 3 rings (SSSR count). The predicted octanol–water partition coefficient (Wildman–Crippen LogP) is 5.50. The molecule has 0 saturated heterocycles. The average molecular weight is 452 g/mol. The Hall–Kier alpha value is -3.01. The number of aryl methyl sites for hydroxylation is 1. The molecule has 0 bridgehead atoms. The Morgan fingerprint density at radius 1 is 1.13 bits per heavy atom. The molecule has 30 heavy (non-hydrogen) atoms. The van der Waals surface area contributed by atoms with E-state index in [1.54, 1.807) is 31.2 Å². The second kappa shape index (κ2) is 7.05. The highest BCUT2D eigenvalue weighted by molar-refractivity contribution is 7.88. The number of aromatic nitrogens is 1. The second-order valence-corrected chi connectivity index (χ2v) is 7.82. The Morgan fingerprint density at radius 2 is 1.77 bits per heavy atom. The van der Waals surface area contributed by atoms with E-state index < -0.39 is 33.5 Å². The third kappa shape index (κ3) is 3.30. The summed E-state index contributed by atoms with van der Waals surface area (Å²) >= 11 is 0.